The molecule has 0 heterocycles. The van der Waals surface area contributed by atoms with Gasteiger partial charge < -0.3 is 0 Å². The quantitative estimate of drug-likeness (QED) is 0.473. The molecule has 28 heavy (non-hydrogen) atoms. The van der Waals surface area contributed by atoms with Crippen molar-refractivity contribution in [3.05, 3.63) is 0 Å². The largest absolute Gasteiger partial charge is 0.299 e. The Kier molecular flexibility index (Phi) is 5.78. The Balaban J connectivity index is 1.51. The van der Waals surface area contributed by atoms with Crippen LogP contribution in [0.1, 0.15) is 112 Å². The Morgan fingerprint density at radius 2 is 1.64 bits per heavy atom. The van der Waals surface area contributed by atoms with E-state index in [2.05, 4.69) is 34.6 Å². The highest BCUT2D eigenvalue weighted by Gasteiger charge is 2.62. The number of carbonyl (C=O) groups is 1. The highest BCUT2D eigenvalue weighted by Crippen LogP contribution is 2.67. The molecule has 0 aromatic carbocycles. The molecule has 4 aliphatic rings. The van der Waals surface area contributed by atoms with Crippen molar-refractivity contribution in [2.75, 3.05) is 0 Å². The van der Waals surface area contributed by atoms with Gasteiger partial charge in [0.05, 0.1) is 0 Å². The van der Waals surface area contributed by atoms with Gasteiger partial charge >= 0.3 is 0 Å². The van der Waals surface area contributed by atoms with Gasteiger partial charge in [-0.3, -0.25) is 4.79 Å². The fraction of sp³-hybridized carbons (Fsp3) is 0.963. The van der Waals surface area contributed by atoms with E-state index in [0.29, 0.717) is 40.3 Å². The number of Topliss-reactive ketones (excluding diaryl/α,β-unsaturated/α-hetero) is 1. The summed E-state index contributed by atoms with van der Waals surface area (Å²) in [5, 5.41) is 0. The second kappa shape index (κ2) is 7.73. The molecular formula is C27H46O. The maximum atomic E-state index is 13.4. The van der Waals surface area contributed by atoms with Gasteiger partial charge in [0.1, 0.15) is 5.78 Å². The van der Waals surface area contributed by atoms with Gasteiger partial charge in [-0.15, -0.1) is 0 Å². The Bertz CT molecular complexity index is 579. The molecule has 0 N–H and O–H groups in total. The first kappa shape index (κ1) is 20.9. The molecule has 1 heteroatoms. The lowest BCUT2D eigenvalue weighted by molar-refractivity contribution is -0.156. The van der Waals surface area contributed by atoms with Gasteiger partial charge in [0.15, 0.2) is 0 Å². The molecule has 4 rings (SSSR count). The third-order valence-corrected chi connectivity index (χ3v) is 10.6. The third kappa shape index (κ3) is 3.31. The fourth-order valence-corrected chi connectivity index (χ4v) is 8.99. The number of hydrogen-bond acceptors (Lipinski definition) is 1. The smallest absolute Gasteiger partial charge is 0.136 e. The normalized spacial score (nSPS) is 46.8. The number of hydrogen-bond donors (Lipinski definition) is 0. The molecule has 0 radical (unpaired) electrons. The predicted molar refractivity (Wildman–Crippen MR) is 118 cm³/mol. The summed E-state index contributed by atoms with van der Waals surface area (Å²) >= 11 is 0. The lowest BCUT2D eigenvalue weighted by Crippen LogP contribution is -2.56. The van der Waals surface area contributed by atoms with Crippen LogP contribution in [0.15, 0.2) is 0 Å². The monoisotopic (exact) mass is 386 g/mol. The van der Waals surface area contributed by atoms with E-state index in [1.807, 2.05) is 0 Å². The first-order valence-corrected chi connectivity index (χ1v) is 12.8. The molecule has 0 bridgehead atoms. The van der Waals surface area contributed by atoms with E-state index in [1.165, 1.54) is 70.6 Å². The van der Waals surface area contributed by atoms with Crippen LogP contribution in [0.4, 0.5) is 0 Å². The van der Waals surface area contributed by atoms with E-state index in [4.69, 9.17) is 0 Å². The summed E-state index contributed by atoms with van der Waals surface area (Å²) in [5.74, 6) is 5.70. The van der Waals surface area contributed by atoms with Crippen molar-refractivity contribution in [2.24, 2.45) is 52.3 Å². The summed E-state index contributed by atoms with van der Waals surface area (Å²) in [6, 6.07) is 0. The molecule has 0 aliphatic heterocycles. The average Bonchev–Trinajstić information content (AvgIpc) is 2.99. The van der Waals surface area contributed by atoms with Crippen molar-refractivity contribution in [2.45, 2.75) is 112 Å². The number of ketones is 1. The second-order valence-corrected chi connectivity index (χ2v) is 12.4. The molecule has 0 amide bonds. The lowest BCUT2D eigenvalue weighted by Gasteiger charge is -2.60. The van der Waals surface area contributed by atoms with Crippen LogP contribution in [-0.2, 0) is 4.79 Å². The summed E-state index contributed by atoms with van der Waals surface area (Å²) in [6.45, 7) is 12.4. The van der Waals surface area contributed by atoms with Gasteiger partial charge in [0.25, 0.3) is 0 Å². The van der Waals surface area contributed by atoms with Crippen molar-refractivity contribution in [3.8, 4) is 0 Å². The van der Waals surface area contributed by atoms with Gasteiger partial charge in [-0.25, -0.2) is 0 Å². The van der Waals surface area contributed by atoms with Crippen LogP contribution >= 0.6 is 0 Å². The molecule has 8 atom stereocenters. The van der Waals surface area contributed by atoms with Crippen LogP contribution in [0.5, 0.6) is 0 Å². The van der Waals surface area contributed by atoms with E-state index >= 15 is 0 Å². The summed E-state index contributed by atoms with van der Waals surface area (Å²) in [5.41, 5.74) is 0.908. The van der Waals surface area contributed by atoms with Crippen LogP contribution in [-0.4, -0.2) is 5.78 Å². The predicted octanol–water partition coefficient (Wildman–Crippen LogP) is 7.68. The zero-order valence-corrected chi connectivity index (χ0v) is 19.4. The van der Waals surface area contributed by atoms with Crippen molar-refractivity contribution in [1.29, 1.82) is 0 Å². The zero-order valence-electron chi connectivity index (χ0n) is 19.4. The third-order valence-electron chi connectivity index (χ3n) is 10.6. The van der Waals surface area contributed by atoms with Gasteiger partial charge in [0.2, 0.25) is 0 Å². The SMILES string of the molecule is CC(C)CCCC(C)[C@H]1CC[C@H]2[C@@H]3C(=O)CC4CCCC[C@]4(C)[C@H]3CC[C@]12C. The minimum Gasteiger partial charge on any atom is -0.299 e. The molecule has 4 aliphatic carbocycles. The van der Waals surface area contributed by atoms with E-state index in [9.17, 15) is 4.79 Å². The van der Waals surface area contributed by atoms with Crippen molar-refractivity contribution in [3.63, 3.8) is 0 Å². The van der Waals surface area contributed by atoms with Crippen LogP contribution in [0.2, 0.25) is 0 Å². The van der Waals surface area contributed by atoms with Gasteiger partial charge in [0, 0.05) is 12.3 Å². The van der Waals surface area contributed by atoms with E-state index in [-0.39, 0.29) is 0 Å². The average molecular weight is 387 g/mol. The first-order chi connectivity index (χ1) is 13.3. The standard InChI is InChI=1S/C27H46O/c1-18(2)9-8-10-19(3)21-12-13-22-25-23(14-16-27(21,22)5)26(4)15-7-6-11-20(26)17-24(25)28/h18-23,25H,6-17H2,1-5H3/t19?,20?,21-,22+,23+,25+,26+,27-/m1/s1. The fourth-order valence-electron chi connectivity index (χ4n) is 8.99. The van der Waals surface area contributed by atoms with Crippen molar-refractivity contribution in [1.82, 2.24) is 0 Å². The molecule has 0 spiro atoms. The highest BCUT2D eigenvalue weighted by atomic mass is 16.1. The Hall–Kier alpha value is -0.330. The first-order valence-electron chi connectivity index (χ1n) is 12.8. The van der Waals surface area contributed by atoms with Gasteiger partial charge in [-0.1, -0.05) is 66.7 Å². The second-order valence-electron chi connectivity index (χ2n) is 12.4. The maximum Gasteiger partial charge on any atom is 0.136 e. The van der Waals surface area contributed by atoms with Crippen molar-refractivity contribution < 1.29 is 4.79 Å². The number of carbonyl (C=O) groups excluding carboxylic acids is 1. The number of fused-ring (bicyclic) bond motifs is 5. The minimum atomic E-state index is 0.408. The number of rotatable bonds is 5. The summed E-state index contributed by atoms with van der Waals surface area (Å²) in [7, 11) is 0. The van der Waals surface area contributed by atoms with E-state index < -0.39 is 0 Å². The molecule has 1 nitrogen and oxygen atoms in total. The Labute approximate surface area is 174 Å². The van der Waals surface area contributed by atoms with Crippen molar-refractivity contribution >= 4 is 5.78 Å². The van der Waals surface area contributed by atoms with Crippen LogP contribution in [0.25, 0.3) is 0 Å². The Morgan fingerprint density at radius 3 is 2.39 bits per heavy atom. The molecule has 0 aromatic rings. The van der Waals surface area contributed by atoms with E-state index in [0.717, 1.165) is 24.2 Å². The summed E-state index contributed by atoms with van der Waals surface area (Å²) in [6.07, 6.45) is 16.0. The topological polar surface area (TPSA) is 17.1 Å². The molecule has 160 valence electrons. The molecule has 2 unspecified atom stereocenters. The van der Waals surface area contributed by atoms with Crippen LogP contribution in [0, 0.1) is 52.3 Å². The lowest BCUT2D eigenvalue weighted by atomic mass is 9.44. The van der Waals surface area contributed by atoms with Crippen LogP contribution in [0.3, 0.4) is 0 Å². The maximum absolute atomic E-state index is 13.4. The molecule has 4 fully saturated rings. The Morgan fingerprint density at radius 1 is 0.893 bits per heavy atom. The molecule has 4 saturated carbocycles. The molecule has 0 saturated heterocycles. The van der Waals surface area contributed by atoms with Gasteiger partial charge in [-0.2, -0.15) is 0 Å². The highest BCUT2D eigenvalue weighted by molar-refractivity contribution is 5.83. The molecular weight excluding hydrogens is 340 g/mol. The minimum absolute atomic E-state index is 0.408. The van der Waals surface area contributed by atoms with Gasteiger partial charge in [-0.05, 0) is 84.9 Å². The summed E-state index contributed by atoms with van der Waals surface area (Å²) < 4.78 is 0. The zero-order chi connectivity index (χ0) is 20.1. The molecule has 0 aromatic heterocycles. The summed E-state index contributed by atoms with van der Waals surface area (Å²) in [4.78, 5) is 13.4. The van der Waals surface area contributed by atoms with E-state index in [1.54, 1.807) is 0 Å². The van der Waals surface area contributed by atoms with Crippen LogP contribution < -0.4 is 0 Å².